The number of ketones is 1. The second-order valence-corrected chi connectivity index (χ2v) is 8.03. The summed E-state index contributed by atoms with van der Waals surface area (Å²) in [5, 5.41) is 15.5. The van der Waals surface area contributed by atoms with Crippen molar-refractivity contribution in [1.29, 1.82) is 5.26 Å². The largest absolute Gasteiger partial charge is 0.358 e. The number of benzene rings is 2. The minimum Gasteiger partial charge on any atom is -0.358 e. The zero-order chi connectivity index (χ0) is 23.5. The number of Topliss-reactive ketones (excluding diaryl/α,β-unsaturated/α-hetero) is 1. The highest BCUT2D eigenvalue weighted by molar-refractivity contribution is 6.20. The molecular weight excluding hydrogens is 422 g/mol. The summed E-state index contributed by atoms with van der Waals surface area (Å²) in [6.07, 6.45) is 6.91. The molecule has 0 spiro atoms. The van der Waals surface area contributed by atoms with Crippen LogP contribution in [0.3, 0.4) is 0 Å². The minimum atomic E-state index is -0.314. The van der Waals surface area contributed by atoms with Crippen molar-refractivity contribution in [2.24, 2.45) is 0 Å². The van der Waals surface area contributed by atoms with Crippen molar-refractivity contribution < 1.29 is 4.79 Å². The molecule has 34 heavy (non-hydrogen) atoms. The van der Waals surface area contributed by atoms with Crippen LogP contribution >= 0.6 is 0 Å². The Balaban J connectivity index is 1.59. The van der Waals surface area contributed by atoms with Crippen LogP contribution in [0, 0.1) is 18.3 Å². The summed E-state index contributed by atoms with van der Waals surface area (Å²) in [5.74, 6) is -0.314. The van der Waals surface area contributed by atoms with E-state index in [2.05, 4.69) is 16.0 Å². The maximum Gasteiger partial charge on any atom is 0.205 e. The van der Waals surface area contributed by atoms with Crippen LogP contribution in [0.25, 0.3) is 28.2 Å². The van der Waals surface area contributed by atoms with Crippen LogP contribution in [0.4, 0.5) is 0 Å². The number of nitrogens with one attached hydrogen (secondary N) is 1. The van der Waals surface area contributed by atoms with Crippen LogP contribution in [0.15, 0.2) is 90.9 Å². The standard InChI is InChI=1S/C28H21N5O/c1-19-26(24-11-5-6-12-25(24)31-19)28(34)22(15-29)14-23-18-33(17-20-8-3-2-4-9-20)32-27(23)21-10-7-13-30-16-21/h2-14,16,18,31H,17H2,1H3. The SMILES string of the molecule is Cc1[nH]c2ccccc2c1C(=O)C(C#N)=Cc1cn(Cc2ccccc2)nc1-c1cccnc1. The quantitative estimate of drug-likeness (QED) is 0.211. The second-order valence-electron chi connectivity index (χ2n) is 8.03. The van der Waals surface area contributed by atoms with E-state index in [1.807, 2.05) is 84.5 Å². The number of aromatic amines is 1. The molecule has 0 fully saturated rings. The Kier molecular flexibility index (Phi) is 5.59. The molecule has 0 aliphatic rings. The summed E-state index contributed by atoms with van der Waals surface area (Å²) in [7, 11) is 0. The fourth-order valence-corrected chi connectivity index (χ4v) is 4.13. The van der Waals surface area contributed by atoms with E-state index in [-0.39, 0.29) is 11.4 Å². The van der Waals surface area contributed by atoms with E-state index < -0.39 is 0 Å². The highest BCUT2D eigenvalue weighted by atomic mass is 16.1. The Morgan fingerprint density at radius 3 is 2.65 bits per heavy atom. The van der Waals surface area contributed by atoms with Crippen LogP contribution < -0.4 is 0 Å². The number of hydrogen-bond donors (Lipinski definition) is 1. The van der Waals surface area contributed by atoms with E-state index in [0.717, 1.165) is 27.7 Å². The van der Waals surface area contributed by atoms with E-state index in [1.54, 1.807) is 18.5 Å². The molecule has 6 heteroatoms. The van der Waals surface area contributed by atoms with Gasteiger partial charge in [-0.1, -0.05) is 48.5 Å². The number of H-pyrrole nitrogens is 1. The molecule has 3 heterocycles. The first-order valence-electron chi connectivity index (χ1n) is 10.9. The van der Waals surface area contributed by atoms with Gasteiger partial charge in [-0.3, -0.25) is 14.5 Å². The third kappa shape index (κ3) is 4.03. The normalized spacial score (nSPS) is 11.5. The van der Waals surface area contributed by atoms with E-state index in [1.165, 1.54) is 0 Å². The molecule has 164 valence electrons. The van der Waals surface area contributed by atoms with Gasteiger partial charge in [0.2, 0.25) is 5.78 Å². The number of aromatic nitrogens is 4. The van der Waals surface area contributed by atoms with Gasteiger partial charge in [0.05, 0.1) is 12.1 Å². The number of hydrogen-bond acceptors (Lipinski definition) is 4. The fourth-order valence-electron chi connectivity index (χ4n) is 4.13. The number of nitriles is 1. The Morgan fingerprint density at radius 1 is 1.09 bits per heavy atom. The van der Waals surface area contributed by atoms with Gasteiger partial charge in [-0.2, -0.15) is 10.4 Å². The molecular formula is C28H21N5O. The van der Waals surface area contributed by atoms with Crippen LogP contribution in [-0.4, -0.2) is 25.5 Å². The highest BCUT2D eigenvalue weighted by Crippen LogP contribution is 2.28. The Hall–Kier alpha value is -4.76. The molecule has 3 aromatic heterocycles. The smallest absolute Gasteiger partial charge is 0.205 e. The number of aryl methyl sites for hydroxylation is 1. The van der Waals surface area contributed by atoms with E-state index >= 15 is 0 Å². The van der Waals surface area contributed by atoms with E-state index in [0.29, 0.717) is 23.4 Å². The number of nitrogens with zero attached hydrogens (tertiary/aromatic N) is 4. The summed E-state index contributed by atoms with van der Waals surface area (Å²) in [5.41, 5.74) is 5.44. The van der Waals surface area contributed by atoms with Gasteiger partial charge in [0.1, 0.15) is 17.3 Å². The van der Waals surface area contributed by atoms with Gasteiger partial charge in [0.25, 0.3) is 0 Å². The molecule has 0 atom stereocenters. The molecule has 2 aromatic carbocycles. The van der Waals surface area contributed by atoms with Crippen LogP contribution in [-0.2, 0) is 6.54 Å². The Labute approximate surface area is 196 Å². The number of rotatable bonds is 6. The monoisotopic (exact) mass is 443 g/mol. The third-order valence-electron chi connectivity index (χ3n) is 5.70. The lowest BCUT2D eigenvalue weighted by atomic mass is 9.99. The molecule has 0 amide bonds. The van der Waals surface area contributed by atoms with Gasteiger partial charge in [-0.15, -0.1) is 0 Å². The number of carbonyl (C=O) groups excluding carboxylic acids is 1. The summed E-state index contributed by atoms with van der Waals surface area (Å²) in [4.78, 5) is 20.9. The zero-order valence-corrected chi connectivity index (χ0v) is 18.6. The van der Waals surface area contributed by atoms with Crippen molar-refractivity contribution in [2.45, 2.75) is 13.5 Å². The predicted octanol–water partition coefficient (Wildman–Crippen LogP) is 5.57. The number of allylic oxidation sites excluding steroid dienone is 1. The molecule has 0 aliphatic carbocycles. The first-order valence-corrected chi connectivity index (χ1v) is 10.9. The van der Waals surface area contributed by atoms with Crippen molar-refractivity contribution in [1.82, 2.24) is 19.7 Å². The van der Waals surface area contributed by atoms with Crippen molar-refractivity contribution in [2.75, 3.05) is 0 Å². The van der Waals surface area contributed by atoms with E-state index in [4.69, 9.17) is 5.10 Å². The lowest BCUT2D eigenvalue weighted by Gasteiger charge is -2.01. The molecule has 0 bridgehead atoms. The minimum absolute atomic E-state index is 0.0530. The van der Waals surface area contributed by atoms with Gasteiger partial charge < -0.3 is 4.98 Å². The number of carbonyl (C=O) groups is 1. The highest BCUT2D eigenvalue weighted by Gasteiger charge is 2.21. The first kappa shape index (κ1) is 21.1. The molecule has 1 N–H and O–H groups in total. The molecule has 0 aliphatic heterocycles. The average Bonchev–Trinajstić information content (AvgIpc) is 3.42. The predicted molar refractivity (Wildman–Crippen MR) is 132 cm³/mol. The zero-order valence-electron chi connectivity index (χ0n) is 18.6. The topological polar surface area (TPSA) is 87.4 Å². The van der Waals surface area contributed by atoms with Crippen LogP contribution in [0.1, 0.15) is 27.2 Å². The number of fused-ring (bicyclic) bond motifs is 1. The number of pyridine rings is 1. The Bertz CT molecular complexity index is 1550. The van der Waals surface area contributed by atoms with Gasteiger partial charge in [0, 0.05) is 46.3 Å². The van der Waals surface area contributed by atoms with Gasteiger partial charge in [0.15, 0.2) is 0 Å². The average molecular weight is 444 g/mol. The third-order valence-corrected chi connectivity index (χ3v) is 5.70. The maximum absolute atomic E-state index is 13.5. The van der Waals surface area contributed by atoms with Crippen molar-refractivity contribution in [3.63, 3.8) is 0 Å². The molecule has 5 aromatic rings. The van der Waals surface area contributed by atoms with Gasteiger partial charge in [-0.05, 0) is 36.8 Å². The molecule has 0 saturated heterocycles. The molecule has 0 saturated carbocycles. The van der Waals surface area contributed by atoms with Gasteiger partial charge in [-0.25, -0.2) is 0 Å². The fraction of sp³-hybridized carbons (Fsp3) is 0.0714. The number of para-hydroxylation sites is 1. The first-order chi connectivity index (χ1) is 16.6. The molecule has 0 radical (unpaired) electrons. The van der Waals surface area contributed by atoms with Crippen molar-refractivity contribution in [3.8, 4) is 17.3 Å². The van der Waals surface area contributed by atoms with E-state index in [9.17, 15) is 10.1 Å². The lowest BCUT2D eigenvalue weighted by Crippen LogP contribution is -2.03. The molecule has 6 nitrogen and oxygen atoms in total. The summed E-state index contributed by atoms with van der Waals surface area (Å²) in [6, 6.07) is 23.5. The lowest BCUT2D eigenvalue weighted by molar-refractivity contribution is 0.104. The van der Waals surface area contributed by atoms with Gasteiger partial charge >= 0.3 is 0 Å². The second kappa shape index (κ2) is 9.00. The summed E-state index contributed by atoms with van der Waals surface area (Å²) < 4.78 is 1.82. The molecule has 0 unspecified atom stereocenters. The van der Waals surface area contributed by atoms with Crippen molar-refractivity contribution in [3.05, 3.63) is 113 Å². The maximum atomic E-state index is 13.5. The van der Waals surface area contributed by atoms with Crippen LogP contribution in [0.5, 0.6) is 0 Å². The molecule has 5 rings (SSSR count). The van der Waals surface area contributed by atoms with Crippen molar-refractivity contribution >= 4 is 22.8 Å². The Morgan fingerprint density at radius 2 is 1.88 bits per heavy atom. The van der Waals surface area contributed by atoms with Crippen LogP contribution in [0.2, 0.25) is 0 Å². The summed E-state index contributed by atoms with van der Waals surface area (Å²) in [6.45, 7) is 2.42. The summed E-state index contributed by atoms with van der Waals surface area (Å²) >= 11 is 0.